The van der Waals surface area contributed by atoms with E-state index in [4.69, 9.17) is 4.74 Å². The van der Waals surface area contributed by atoms with E-state index in [1.54, 1.807) is 13.2 Å². The van der Waals surface area contributed by atoms with E-state index >= 15 is 0 Å². The molecule has 1 unspecified atom stereocenters. The van der Waals surface area contributed by atoms with Gasteiger partial charge >= 0.3 is 5.97 Å². The lowest BCUT2D eigenvalue weighted by atomic mass is 9.98. The minimum Gasteiger partial charge on any atom is -0.465 e. The maximum Gasteiger partial charge on any atom is 0.326 e. The van der Waals surface area contributed by atoms with Gasteiger partial charge in [-0.2, -0.15) is 5.10 Å². The van der Waals surface area contributed by atoms with Crippen LogP contribution in [-0.4, -0.2) is 34.9 Å². The minimum atomic E-state index is -0.659. The molecule has 0 aliphatic carbocycles. The summed E-state index contributed by atoms with van der Waals surface area (Å²) in [5, 5.41) is 7.21. The summed E-state index contributed by atoms with van der Waals surface area (Å²) in [5.74, 6) is -0.218. The molecule has 0 saturated heterocycles. The van der Waals surface area contributed by atoms with E-state index in [2.05, 4.69) is 33.0 Å². The SMILES string of the molecule is CCOC(=O)C(C)(CCn1cc(I)cn1)NC. The third-order valence-corrected chi connectivity index (χ3v) is 3.28. The van der Waals surface area contributed by atoms with Gasteiger partial charge in [0, 0.05) is 12.7 Å². The maximum absolute atomic E-state index is 11.8. The summed E-state index contributed by atoms with van der Waals surface area (Å²) >= 11 is 2.21. The van der Waals surface area contributed by atoms with Gasteiger partial charge in [0.25, 0.3) is 0 Å². The van der Waals surface area contributed by atoms with E-state index in [0.29, 0.717) is 19.6 Å². The lowest BCUT2D eigenvalue weighted by molar-refractivity contribution is -0.150. The number of aryl methyl sites for hydroxylation is 1. The first-order chi connectivity index (χ1) is 8.01. The van der Waals surface area contributed by atoms with Crippen LogP contribution in [0, 0.1) is 3.57 Å². The van der Waals surface area contributed by atoms with Crippen molar-refractivity contribution in [2.45, 2.75) is 32.4 Å². The molecule has 1 heterocycles. The summed E-state index contributed by atoms with van der Waals surface area (Å²) in [7, 11) is 1.77. The number of ether oxygens (including phenoxy) is 1. The summed E-state index contributed by atoms with van der Waals surface area (Å²) in [6.07, 6.45) is 4.38. The maximum atomic E-state index is 11.8. The molecule has 6 heteroatoms. The number of rotatable bonds is 6. The molecule has 0 bridgehead atoms. The zero-order valence-corrected chi connectivity index (χ0v) is 12.5. The highest BCUT2D eigenvalue weighted by Crippen LogP contribution is 2.13. The molecular weight excluding hydrogens is 333 g/mol. The molecule has 1 N–H and O–H groups in total. The van der Waals surface area contributed by atoms with Crippen LogP contribution in [-0.2, 0) is 16.1 Å². The van der Waals surface area contributed by atoms with Crippen LogP contribution in [0.2, 0.25) is 0 Å². The number of carbonyl (C=O) groups is 1. The molecule has 0 aromatic carbocycles. The molecule has 0 radical (unpaired) electrons. The molecule has 1 aromatic heterocycles. The molecule has 0 amide bonds. The van der Waals surface area contributed by atoms with Crippen molar-refractivity contribution in [2.75, 3.05) is 13.7 Å². The fraction of sp³-hybridized carbons (Fsp3) is 0.636. The van der Waals surface area contributed by atoms with Gasteiger partial charge in [0.05, 0.1) is 16.4 Å². The van der Waals surface area contributed by atoms with Gasteiger partial charge in [0.15, 0.2) is 0 Å². The molecule has 96 valence electrons. The average Bonchev–Trinajstić information content (AvgIpc) is 2.72. The number of esters is 1. The van der Waals surface area contributed by atoms with Crippen LogP contribution < -0.4 is 5.32 Å². The summed E-state index contributed by atoms with van der Waals surface area (Å²) in [6, 6.07) is 0. The molecule has 0 aliphatic rings. The smallest absolute Gasteiger partial charge is 0.326 e. The number of aromatic nitrogens is 2. The van der Waals surface area contributed by atoms with Gasteiger partial charge in [-0.15, -0.1) is 0 Å². The lowest BCUT2D eigenvalue weighted by Gasteiger charge is -2.26. The van der Waals surface area contributed by atoms with Gasteiger partial charge in [-0.1, -0.05) is 0 Å². The van der Waals surface area contributed by atoms with Crippen LogP contribution in [0.25, 0.3) is 0 Å². The van der Waals surface area contributed by atoms with E-state index in [-0.39, 0.29) is 5.97 Å². The lowest BCUT2D eigenvalue weighted by Crippen LogP contribution is -2.49. The largest absolute Gasteiger partial charge is 0.465 e. The Hall–Kier alpha value is -0.630. The fourth-order valence-corrected chi connectivity index (χ4v) is 1.86. The van der Waals surface area contributed by atoms with Gasteiger partial charge in [0.1, 0.15) is 5.54 Å². The Labute approximate surface area is 115 Å². The highest BCUT2D eigenvalue weighted by atomic mass is 127. The van der Waals surface area contributed by atoms with Crippen molar-refractivity contribution >= 4 is 28.6 Å². The van der Waals surface area contributed by atoms with Crippen molar-refractivity contribution in [3.05, 3.63) is 16.0 Å². The topological polar surface area (TPSA) is 56.2 Å². The summed E-state index contributed by atoms with van der Waals surface area (Å²) in [5.41, 5.74) is -0.659. The Morgan fingerprint density at radius 2 is 2.41 bits per heavy atom. The number of nitrogens with one attached hydrogen (secondary N) is 1. The third-order valence-electron chi connectivity index (χ3n) is 2.72. The second-order valence-electron chi connectivity index (χ2n) is 3.97. The van der Waals surface area contributed by atoms with Crippen molar-refractivity contribution in [2.24, 2.45) is 0 Å². The molecular formula is C11H18IN3O2. The zero-order chi connectivity index (χ0) is 12.9. The number of likely N-dealkylation sites (N-methyl/N-ethyl adjacent to an activating group) is 1. The first kappa shape index (κ1) is 14.4. The Kier molecular flexibility index (Phi) is 5.38. The minimum absolute atomic E-state index is 0.218. The standard InChI is InChI=1S/C11H18IN3O2/c1-4-17-10(16)11(2,13-3)5-6-15-8-9(12)7-14-15/h7-8,13H,4-6H2,1-3H3. The Balaban J connectivity index is 2.59. The number of nitrogens with zero attached hydrogens (tertiary/aromatic N) is 2. The molecule has 0 spiro atoms. The van der Waals surface area contributed by atoms with Gasteiger partial charge in [-0.05, 0) is 49.9 Å². The van der Waals surface area contributed by atoms with Crippen LogP contribution in [0.5, 0.6) is 0 Å². The second kappa shape index (κ2) is 6.34. The monoisotopic (exact) mass is 351 g/mol. The zero-order valence-electron chi connectivity index (χ0n) is 10.4. The Morgan fingerprint density at radius 3 is 2.88 bits per heavy atom. The van der Waals surface area contributed by atoms with Crippen LogP contribution in [0.3, 0.4) is 0 Å². The molecule has 0 fully saturated rings. The highest BCUT2D eigenvalue weighted by Gasteiger charge is 2.32. The van der Waals surface area contributed by atoms with Crippen LogP contribution in [0.1, 0.15) is 20.3 Å². The van der Waals surface area contributed by atoms with Crippen molar-refractivity contribution < 1.29 is 9.53 Å². The normalized spacial score (nSPS) is 14.4. The van der Waals surface area contributed by atoms with E-state index in [1.165, 1.54) is 0 Å². The number of halogens is 1. The third kappa shape index (κ3) is 3.95. The average molecular weight is 351 g/mol. The van der Waals surface area contributed by atoms with Crippen molar-refractivity contribution in [3.63, 3.8) is 0 Å². The van der Waals surface area contributed by atoms with E-state index in [9.17, 15) is 4.79 Å². The van der Waals surface area contributed by atoms with E-state index < -0.39 is 5.54 Å². The predicted molar refractivity (Wildman–Crippen MR) is 73.7 cm³/mol. The fourth-order valence-electron chi connectivity index (χ4n) is 1.42. The number of hydrogen-bond donors (Lipinski definition) is 1. The molecule has 5 nitrogen and oxygen atoms in total. The highest BCUT2D eigenvalue weighted by molar-refractivity contribution is 14.1. The number of hydrogen-bond acceptors (Lipinski definition) is 4. The first-order valence-electron chi connectivity index (χ1n) is 5.56. The number of carbonyl (C=O) groups excluding carboxylic acids is 1. The Bertz CT molecular complexity index is 381. The van der Waals surface area contributed by atoms with E-state index in [1.807, 2.05) is 24.7 Å². The van der Waals surface area contributed by atoms with Gasteiger partial charge < -0.3 is 10.1 Å². The van der Waals surface area contributed by atoms with Crippen molar-refractivity contribution in [1.82, 2.24) is 15.1 Å². The van der Waals surface area contributed by atoms with Gasteiger partial charge in [0.2, 0.25) is 0 Å². The quantitative estimate of drug-likeness (QED) is 0.622. The molecule has 1 rings (SSSR count). The molecule has 1 atom stereocenters. The van der Waals surface area contributed by atoms with Crippen LogP contribution in [0.15, 0.2) is 12.4 Å². The van der Waals surface area contributed by atoms with E-state index in [0.717, 1.165) is 3.57 Å². The molecule has 0 saturated carbocycles. The molecule has 17 heavy (non-hydrogen) atoms. The van der Waals surface area contributed by atoms with Crippen molar-refractivity contribution in [1.29, 1.82) is 0 Å². The molecule has 0 aliphatic heterocycles. The first-order valence-corrected chi connectivity index (χ1v) is 6.64. The second-order valence-corrected chi connectivity index (χ2v) is 5.22. The van der Waals surface area contributed by atoms with Crippen LogP contribution in [0.4, 0.5) is 0 Å². The van der Waals surface area contributed by atoms with Crippen molar-refractivity contribution in [3.8, 4) is 0 Å². The van der Waals surface area contributed by atoms with Gasteiger partial charge in [-0.25, -0.2) is 0 Å². The summed E-state index contributed by atoms with van der Waals surface area (Å²) in [6.45, 7) is 4.73. The van der Waals surface area contributed by atoms with Crippen LogP contribution >= 0.6 is 22.6 Å². The Morgan fingerprint density at radius 1 is 1.71 bits per heavy atom. The predicted octanol–water partition coefficient (Wildman–Crippen LogP) is 1.42. The van der Waals surface area contributed by atoms with Gasteiger partial charge in [-0.3, -0.25) is 9.48 Å². The summed E-state index contributed by atoms with van der Waals surface area (Å²) < 4.78 is 7.98. The summed E-state index contributed by atoms with van der Waals surface area (Å²) in [4.78, 5) is 11.8. The molecule has 1 aromatic rings.